The summed E-state index contributed by atoms with van der Waals surface area (Å²) in [5.74, 6) is -0.792. The van der Waals surface area contributed by atoms with Gasteiger partial charge in [0.2, 0.25) is 11.8 Å². The van der Waals surface area contributed by atoms with Gasteiger partial charge in [-0.2, -0.15) is 0 Å². The smallest absolute Gasteiger partial charge is 0.255 e. The molecule has 3 N–H and O–H groups in total. The van der Waals surface area contributed by atoms with Crippen LogP contribution in [0.4, 0.5) is 0 Å². The van der Waals surface area contributed by atoms with E-state index in [1.54, 1.807) is 4.90 Å². The first-order chi connectivity index (χ1) is 14.1. The first-order valence-corrected chi connectivity index (χ1v) is 10.0. The van der Waals surface area contributed by atoms with E-state index in [0.29, 0.717) is 25.1 Å². The van der Waals surface area contributed by atoms with Crippen LogP contribution < -0.4 is 11.1 Å². The van der Waals surface area contributed by atoms with Crippen molar-refractivity contribution < 1.29 is 14.4 Å². The Kier molecular flexibility index (Phi) is 5.44. The van der Waals surface area contributed by atoms with E-state index in [1.165, 1.54) is 0 Å². The molecule has 29 heavy (non-hydrogen) atoms. The summed E-state index contributed by atoms with van der Waals surface area (Å²) in [6.45, 7) is 1.89. The largest absolute Gasteiger partial charge is 0.335 e. The second kappa shape index (κ2) is 8.16. The van der Waals surface area contributed by atoms with Gasteiger partial charge in [0.1, 0.15) is 6.04 Å². The van der Waals surface area contributed by atoms with Gasteiger partial charge in [0.05, 0.1) is 6.33 Å². The van der Waals surface area contributed by atoms with E-state index in [9.17, 15) is 14.4 Å². The van der Waals surface area contributed by atoms with Gasteiger partial charge in [0.25, 0.3) is 5.91 Å². The topological polar surface area (TPSA) is 110 Å². The molecule has 0 spiro atoms. The summed E-state index contributed by atoms with van der Waals surface area (Å²) in [6, 6.07) is 5.17. The molecule has 2 aliphatic heterocycles. The van der Waals surface area contributed by atoms with Crippen molar-refractivity contribution >= 4 is 17.7 Å². The van der Waals surface area contributed by atoms with E-state index in [2.05, 4.69) is 14.9 Å². The zero-order valence-corrected chi connectivity index (χ0v) is 16.3. The molecule has 152 valence electrons. The molecule has 1 saturated heterocycles. The summed E-state index contributed by atoms with van der Waals surface area (Å²) in [5, 5.41) is 2.34. The Labute approximate surface area is 169 Å². The lowest BCUT2D eigenvalue weighted by Crippen LogP contribution is -2.52. The van der Waals surface area contributed by atoms with Gasteiger partial charge in [0.15, 0.2) is 0 Å². The van der Waals surface area contributed by atoms with Gasteiger partial charge in [-0.25, -0.2) is 4.98 Å². The molecule has 2 aromatic rings. The van der Waals surface area contributed by atoms with Crippen LogP contribution in [0.2, 0.25) is 0 Å². The van der Waals surface area contributed by atoms with Crippen molar-refractivity contribution in [2.24, 2.45) is 5.73 Å². The third-order valence-electron chi connectivity index (χ3n) is 5.73. The van der Waals surface area contributed by atoms with Crippen molar-refractivity contribution in [2.75, 3.05) is 6.54 Å². The van der Waals surface area contributed by atoms with Crippen LogP contribution in [0.25, 0.3) is 0 Å². The van der Waals surface area contributed by atoms with Gasteiger partial charge in [0, 0.05) is 37.0 Å². The summed E-state index contributed by atoms with van der Waals surface area (Å²) in [6.07, 6.45) is 6.84. The number of carbonyl (C=O) groups is 3. The Morgan fingerprint density at radius 3 is 2.86 bits per heavy atom. The summed E-state index contributed by atoms with van der Waals surface area (Å²) >= 11 is 0. The van der Waals surface area contributed by atoms with Crippen LogP contribution in [0.15, 0.2) is 30.7 Å². The fourth-order valence-corrected chi connectivity index (χ4v) is 4.17. The fraction of sp³-hybridized carbons (Fsp3) is 0.429. The third kappa shape index (κ3) is 3.80. The summed E-state index contributed by atoms with van der Waals surface area (Å²) < 4.78 is 2.12. The number of nitrogens with zero attached hydrogens (tertiary/aromatic N) is 3. The first-order valence-electron chi connectivity index (χ1n) is 10.0. The van der Waals surface area contributed by atoms with Crippen LogP contribution in [0.3, 0.4) is 0 Å². The second-order valence-corrected chi connectivity index (χ2v) is 7.56. The number of rotatable bonds is 7. The van der Waals surface area contributed by atoms with Crippen LogP contribution in [-0.2, 0) is 35.5 Å². The highest BCUT2D eigenvalue weighted by Crippen LogP contribution is 2.30. The van der Waals surface area contributed by atoms with Gasteiger partial charge in [-0.1, -0.05) is 12.1 Å². The second-order valence-electron chi connectivity index (χ2n) is 7.56. The van der Waals surface area contributed by atoms with E-state index >= 15 is 0 Å². The number of imidazole rings is 1. The number of imide groups is 1. The molecule has 1 atom stereocenters. The molecule has 8 nitrogen and oxygen atoms in total. The van der Waals surface area contributed by atoms with Crippen LogP contribution in [-0.4, -0.2) is 44.8 Å². The molecule has 0 bridgehead atoms. The van der Waals surface area contributed by atoms with Crippen LogP contribution in [0, 0.1) is 0 Å². The standard InChI is InChI=1S/C21H25N5O3/c22-9-2-10-25-13-23-11-15(25)6-5-14-3-1-4-16-17(14)12-26(21(16)29)18-7-8-19(27)24-20(18)28/h1,3-4,11,13,18H,2,5-10,12,22H2,(H,24,27,28). The van der Waals surface area contributed by atoms with Crippen molar-refractivity contribution in [3.8, 4) is 0 Å². The zero-order chi connectivity index (χ0) is 20.4. The van der Waals surface area contributed by atoms with E-state index < -0.39 is 6.04 Å². The van der Waals surface area contributed by atoms with Crippen molar-refractivity contribution in [3.05, 3.63) is 53.1 Å². The molecule has 8 heteroatoms. The predicted molar refractivity (Wildman–Crippen MR) is 106 cm³/mol. The molecular weight excluding hydrogens is 370 g/mol. The van der Waals surface area contributed by atoms with Crippen LogP contribution >= 0.6 is 0 Å². The van der Waals surface area contributed by atoms with E-state index in [-0.39, 0.29) is 24.1 Å². The van der Waals surface area contributed by atoms with E-state index in [1.807, 2.05) is 30.7 Å². The number of hydrogen-bond donors (Lipinski definition) is 2. The lowest BCUT2D eigenvalue weighted by Gasteiger charge is -2.29. The lowest BCUT2D eigenvalue weighted by molar-refractivity contribution is -0.136. The molecule has 2 aliphatic rings. The molecular formula is C21H25N5O3. The van der Waals surface area contributed by atoms with Crippen molar-refractivity contribution in [2.45, 2.75) is 51.2 Å². The molecule has 1 aromatic heterocycles. The van der Waals surface area contributed by atoms with Crippen LogP contribution in [0.1, 0.15) is 46.4 Å². The minimum Gasteiger partial charge on any atom is -0.335 e. The Hall–Kier alpha value is -3.00. The number of aryl methyl sites for hydroxylation is 3. The maximum Gasteiger partial charge on any atom is 0.255 e. The molecule has 0 saturated carbocycles. The fourth-order valence-electron chi connectivity index (χ4n) is 4.17. The molecule has 0 aliphatic carbocycles. The molecule has 3 amide bonds. The van der Waals surface area contributed by atoms with E-state index in [0.717, 1.165) is 42.6 Å². The van der Waals surface area contributed by atoms with Gasteiger partial charge < -0.3 is 15.2 Å². The summed E-state index contributed by atoms with van der Waals surface area (Å²) in [5.41, 5.74) is 9.50. The maximum absolute atomic E-state index is 12.9. The van der Waals surface area contributed by atoms with Crippen molar-refractivity contribution in [1.29, 1.82) is 0 Å². The Balaban J connectivity index is 1.49. The van der Waals surface area contributed by atoms with Crippen LogP contribution in [0.5, 0.6) is 0 Å². The number of nitrogens with one attached hydrogen (secondary N) is 1. The van der Waals surface area contributed by atoms with Crippen molar-refractivity contribution in [1.82, 2.24) is 19.8 Å². The van der Waals surface area contributed by atoms with Gasteiger partial charge in [-0.3, -0.25) is 19.7 Å². The molecule has 4 rings (SSSR count). The first kappa shape index (κ1) is 19.3. The summed E-state index contributed by atoms with van der Waals surface area (Å²) in [7, 11) is 0. The number of hydrogen-bond acceptors (Lipinski definition) is 5. The third-order valence-corrected chi connectivity index (χ3v) is 5.73. The Morgan fingerprint density at radius 1 is 1.21 bits per heavy atom. The highest BCUT2D eigenvalue weighted by atomic mass is 16.2. The highest BCUT2D eigenvalue weighted by Gasteiger charge is 2.39. The number of nitrogens with two attached hydrogens (primary N) is 1. The summed E-state index contributed by atoms with van der Waals surface area (Å²) in [4.78, 5) is 42.4. The zero-order valence-electron chi connectivity index (χ0n) is 16.3. The SMILES string of the molecule is NCCCn1cncc1CCc1cccc2c1CN(C1CCC(=O)NC1=O)C2=O. The maximum atomic E-state index is 12.9. The Bertz CT molecular complexity index is 952. The average molecular weight is 395 g/mol. The number of carbonyl (C=O) groups excluding carboxylic acids is 3. The van der Waals surface area contributed by atoms with Gasteiger partial charge in [-0.15, -0.1) is 0 Å². The Morgan fingerprint density at radius 2 is 2.07 bits per heavy atom. The predicted octanol–water partition coefficient (Wildman–Crippen LogP) is 0.778. The number of aromatic nitrogens is 2. The normalized spacial score (nSPS) is 18.9. The number of amides is 3. The van der Waals surface area contributed by atoms with Gasteiger partial charge in [-0.05, 0) is 49.4 Å². The number of benzene rings is 1. The molecule has 1 aromatic carbocycles. The van der Waals surface area contributed by atoms with Crippen molar-refractivity contribution in [3.63, 3.8) is 0 Å². The average Bonchev–Trinajstić information content (AvgIpc) is 3.29. The van der Waals surface area contributed by atoms with E-state index in [4.69, 9.17) is 5.73 Å². The van der Waals surface area contributed by atoms with Gasteiger partial charge >= 0.3 is 0 Å². The highest BCUT2D eigenvalue weighted by molar-refractivity contribution is 6.05. The minimum absolute atomic E-state index is 0.135. The molecule has 3 heterocycles. The monoisotopic (exact) mass is 395 g/mol. The number of fused-ring (bicyclic) bond motifs is 1. The quantitative estimate of drug-likeness (QED) is 0.673. The molecule has 0 radical (unpaired) electrons. The number of piperidine rings is 1. The minimum atomic E-state index is -0.585. The lowest BCUT2D eigenvalue weighted by atomic mass is 9.99. The molecule has 1 unspecified atom stereocenters. The molecule has 1 fully saturated rings.